The number of amides is 2. The number of ether oxygens (including phenoxy) is 1. The van der Waals surface area contributed by atoms with Crippen LogP contribution in [0.5, 0.6) is 0 Å². The minimum Gasteiger partial charge on any atom is -0.444 e. The largest absolute Gasteiger partial charge is 0.446 e. The lowest BCUT2D eigenvalue weighted by Gasteiger charge is -2.19. The Hall–Kier alpha value is -1.66. The molecule has 0 aromatic heterocycles. The van der Waals surface area contributed by atoms with E-state index in [0.29, 0.717) is 0 Å². The van der Waals surface area contributed by atoms with Gasteiger partial charge in [0.25, 0.3) is 0 Å². The number of carbonyl (C=O) groups excluding carboxylic acids is 2. The van der Waals surface area contributed by atoms with E-state index in [0.717, 1.165) is 0 Å². The molecule has 0 saturated carbocycles. The standard InChI is InChI=1S/C8H14N2O5/c1-8(2,3)15-7(12)9-5-4-6(11)10(13)14/h4-5H2,1-3H3,(H,9,12). The van der Waals surface area contributed by atoms with E-state index in [1.54, 1.807) is 20.8 Å². The van der Waals surface area contributed by atoms with E-state index in [9.17, 15) is 19.7 Å². The lowest BCUT2D eigenvalue weighted by Crippen LogP contribution is -2.34. The maximum Gasteiger partial charge on any atom is 0.446 e. The second kappa shape index (κ2) is 5.28. The van der Waals surface area contributed by atoms with Gasteiger partial charge in [0, 0.05) is 6.54 Å². The van der Waals surface area contributed by atoms with E-state index in [1.807, 2.05) is 0 Å². The zero-order valence-electron chi connectivity index (χ0n) is 8.90. The summed E-state index contributed by atoms with van der Waals surface area (Å²) in [5.41, 5.74) is -0.628. The molecule has 0 bridgehead atoms. The van der Waals surface area contributed by atoms with E-state index in [2.05, 4.69) is 5.32 Å². The Morgan fingerprint density at radius 1 is 1.40 bits per heavy atom. The van der Waals surface area contributed by atoms with Crippen LogP contribution in [0.4, 0.5) is 4.79 Å². The molecule has 86 valence electrons. The van der Waals surface area contributed by atoms with Gasteiger partial charge in [-0.1, -0.05) is 0 Å². The van der Waals surface area contributed by atoms with Crippen molar-refractivity contribution < 1.29 is 19.2 Å². The van der Waals surface area contributed by atoms with Gasteiger partial charge in [-0.15, -0.1) is 0 Å². The summed E-state index contributed by atoms with van der Waals surface area (Å²) in [5, 5.41) is 12.2. The summed E-state index contributed by atoms with van der Waals surface area (Å²) in [7, 11) is 0. The maximum atomic E-state index is 11.0. The molecule has 0 atom stereocenters. The number of nitrogens with one attached hydrogen (secondary N) is 1. The van der Waals surface area contributed by atoms with Gasteiger partial charge in [-0.2, -0.15) is 0 Å². The van der Waals surface area contributed by atoms with Gasteiger partial charge in [0.2, 0.25) is 0 Å². The molecular formula is C8H14N2O5. The summed E-state index contributed by atoms with van der Waals surface area (Å²) in [6.07, 6.45) is -1.04. The summed E-state index contributed by atoms with van der Waals surface area (Å²) >= 11 is 0. The van der Waals surface area contributed by atoms with Gasteiger partial charge < -0.3 is 10.1 Å². The zero-order chi connectivity index (χ0) is 12.1. The van der Waals surface area contributed by atoms with Crippen molar-refractivity contribution in [3.05, 3.63) is 10.1 Å². The molecule has 0 radical (unpaired) electrons. The SMILES string of the molecule is CC(C)(C)OC(=O)NCCC(=O)[N+](=O)[O-]. The fourth-order valence-corrected chi connectivity index (χ4v) is 0.677. The van der Waals surface area contributed by atoms with Crippen molar-refractivity contribution in [1.29, 1.82) is 0 Å². The predicted molar refractivity (Wildman–Crippen MR) is 50.9 cm³/mol. The number of hydrogen-bond donors (Lipinski definition) is 1. The van der Waals surface area contributed by atoms with Crippen LogP contribution in [0.1, 0.15) is 27.2 Å². The minimum atomic E-state index is -1.13. The van der Waals surface area contributed by atoms with E-state index in [1.165, 1.54) is 0 Å². The van der Waals surface area contributed by atoms with Gasteiger partial charge >= 0.3 is 12.0 Å². The van der Waals surface area contributed by atoms with Crippen molar-refractivity contribution in [2.24, 2.45) is 0 Å². The van der Waals surface area contributed by atoms with Crippen molar-refractivity contribution >= 4 is 12.0 Å². The molecule has 0 saturated heterocycles. The number of carbonyl (C=O) groups is 2. The van der Waals surface area contributed by atoms with Crippen LogP contribution in [0.25, 0.3) is 0 Å². The van der Waals surface area contributed by atoms with Gasteiger partial charge in [0.1, 0.15) is 10.5 Å². The van der Waals surface area contributed by atoms with Gasteiger partial charge in [-0.05, 0) is 20.8 Å². The summed E-state index contributed by atoms with van der Waals surface area (Å²) in [6.45, 7) is 4.97. The maximum absolute atomic E-state index is 11.0. The molecule has 0 aliphatic rings. The molecule has 0 fully saturated rings. The van der Waals surface area contributed by atoms with Gasteiger partial charge in [-0.25, -0.2) is 9.59 Å². The van der Waals surface area contributed by atoms with Crippen LogP contribution in [0.15, 0.2) is 0 Å². The van der Waals surface area contributed by atoms with E-state index in [-0.39, 0.29) is 13.0 Å². The van der Waals surface area contributed by atoms with Crippen molar-refractivity contribution in [2.45, 2.75) is 32.8 Å². The lowest BCUT2D eigenvalue weighted by atomic mass is 10.2. The molecule has 2 amide bonds. The molecular weight excluding hydrogens is 204 g/mol. The van der Waals surface area contributed by atoms with Crippen LogP contribution in [0, 0.1) is 10.1 Å². The molecule has 0 heterocycles. The molecule has 1 N–H and O–H groups in total. The van der Waals surface area contributed by atoms with Crippen molar-refractivity contribution in [1.82, 2.24) is 5.32 Å². The number of rotatable bonds is 3. The summed E-state index contributed by atoms with van der Waals surface area (Å²) < 4.78 is 4.85. The molecule has 0 rings (SSSR count). The average molecular weight is 218 g/mol. The lowest BCUT2D eigenvalue weighted by molar-refractivity contribution is -0.402. The summed E-state index contributed by atoms with van der Waals surface area (Å²) in [6, 6.07) is 0. The molecule has 0 aromatic carbocycles. The molecule has 0 aliphatic carbocycles. The topological polar surface area (TPSA) is 98.5 Å². The quantitative estimate of drug-likeness (QED) is 0.555. The third-order valence-electron chi connectivity index (χ3n) is 1.21. The van der Waals surface area contributed by atoms with Crippen LogP contribution in [-0.4, -0.2) is 29.1 Å². The van der Waals surface area contributed by atoms with Crippen LogP contribution in [0.3, 0.4) is 0 Å². The Labute approximate surface area is 86.9 Å². The Kier molecular flexibility index (Phi) is 4.69. The summed E-state index contributed by atoms with van der Waals surface area (Å²) in [4.78, 5) is 30.4. The number of hydrogen-bond acceptors (Lipinski definition) is 5. The van der Waals surface area contributed by atoms with E-state index < -0.39 is 22.5 Å². The monoisotopic (exact) mass is 218 g/mol. The first-order chi connectivity index (χ1) is 6.72. The normalized spacial score (nSPS) is 10.6. The molecule has 15 heavy (non-hydrogen) atoms. The molecule has 7 nitrogen and oxygen atoms in total. The fourth-order valence-electron chi connectivity index (χ4n) is 0.677. The highest BCUT2D eigenvalue weighted by Gasteiger charge is 2.18. The Bertz CT molecular complexity index is 269. The average Bonchev–Trinajstić information content (AvgIpc) is 2.00. The Balaban J connectivity index is 3.74. The second-order valence-corrected chi connectivity index (χ2v) is 3.83. The molecule has 0 spiro atoms. The first kappa shape index (κ1) is 13.3. The smallest absolute Gasteiger partial charge is 0.444 e. The third kappa shape index (κ3) is 7.41. The Morgan fingerprint density at radius 2 is 1.93 bits per heavy atom. The van der Waals surface area contributed by atoms with Crippen LogP contribution >= 0.6 is 0 Å². The van der Waals surface area contributed by atoms with E-state index in [4.69, 9.17) is 4.74 Å². The first-order valence-corrected chi connectivity index (χ1v) is 4.36. The minimum absolute atomic E-state index is 0.102. The van der Waals surface area contributed by atoms with Gasteiger partial charge in [-0.3, -0.25) is 10.1 Å². The molecule has 0 aliphatic heterocycles. The van der Waals surface area contributed by atoms with Gasteiger partial charge in [0.15, 0.2) is 0 Å². The highest BCUT2D eigenvalue weighted by molar-refractivity contribution is 5.70. The van der Waals surface area contributed by atoms with Crippen LogP contribution in [-0.2, 0) is 9.53 Å². The third-order valence-corrected chi connectivity index (χ3v) is 1.21. The highest BCUT2D eigenvalue weighted by atomic mass is 16.6. The van der Waals surface area contributed by atoms with Crippen molar-refractivity contribution in [2.75, 3.05) is 6.54 Å². The fraction of sp³-hybridized carbons (Fsp3) is 0.750. The zero-order valence-corrected chi connectivity index (χ0v) is 8.90. The number of nitrogens with zero attached hydrogens (tertiary/aromatic N) is 1. The van der Waals surface area contributed by atoms with Crippen LogP contribution < -0.4 is 5.32 Å². The molecule has 7 heteroatoms. The Morgan fingerprint density at radius 3 is 2.33 bits per heavy atom. The van der Waals surface area contributed by atoms with E-state index >= 15 is 0 Å². The molecule has 0 unspecified atom stereocenters. The van der Waals surface area contributed by atoms with Crippen molar-refractivity contribution in [3.63, 3.8) is 0 Å². The second-order valence-electron chi connectivity index (χ2n) is 3.83. The van der Waals surface area contributed by atoms with Gasteiger partial charge in [0.05, 0.1) is 6.42 Å². The van der Waals surface area contributed by atoms with Crippen LogP contribution in [0.2, 0.25) is 0 Å². The van der Waals surface area contributed by atoms with Crippen molar-refractivity contribution in [3.8, 4) is 0 Å². The number of alkyl carbamates (subject to hydrolysis) is 1. The first-order valence-electron chi connectivity index (χ1n) is 4.36. The highest BCUT2D eigenvalue weighted by Crippen LogP contribution is 2.06. The predicted octanol–water partition coefficient (Wildman–Crippen LogP) is 0.705. The summed E-state index contributed by atoms with van der Waals surface area (Å²) in [5.74, 6) is -1.13. The molecule has 0 aromatic rings. The number of nitro groups is 1.